The Morgan fingerprint density at radius 2 is 1.76 bits per heavy atom. The first-order valence-electron chi connectivity index (χ1n) is 9.39. The maximum Gasteiger partial charge on any atom is 0.295 e. The molecule has 1 aromatic rings. The Labute approximate surface area is 157 Å². The molecule has 4 saturated carbocycles. The Hall–Kier alpha value is -0.820. The smallest absolute Gasteiger partial charge is 0.295 e. The van der Waals surface area contributed by atoms with Gasteiger partial charge in [-0.1, -0.05) is 16.9 Å². The van der Waals surface area contributed by atoms with Gasteiger partial charge in [-0.15, -0.1) is 5.10 Å². The SMILES string of the molecule is CC(C)Oc1nnc(S[C@H](C)C(=O)NC23CC4CC(CC(C4)C2)C3)s1. The summed E-state index contributed by atoms with van der Waals surface area (Å²) in [5.74, 6) is 2.67. The lowest BCUT2D eigenvalue weighted by Gasteiger charge is -2.57. The first-order chi connectivity index (χ1) is 11.9. The van der Waals surface area contributed by atoms with E-state index in [-0.39, 0.29) is 22.8 Å². The lowest BCUT2D eigenvalue weighted by Crippen LogP contribution is -2.60. The van der Waals surface area contributed by atoms with Gasteiger partial charge < -0.3 is 10.1 Å². The summed E-state index contributed by atoms with van der Waals surface area (Å²) >= 11 is 2.90. The lowest BCUT2D eigenvalue weighted by molar-refractivity contribution is -0.126. The van der Waals surface area contributed by atoms with Crippen molar-refractivity contribution in [1.82, 2.24) is 15.5 Å². The molecule has 4 aliphatic carbocycles. The quantitative estimate of drug-likeness (QED) is 0.757. The predicted molar refractivity (Wildman–Crippen MR) is 100 cm³/mol. The van der Waals surface area contributed by atoms with Gasteiger partial charge in [0.25, 0.3) is 5.19 Å². The van der Waals surface area contributed by atoms with E-state index in [9.17, 15) is 4.79 Å². The zero-order valence-corrected chi connectivity index (χ0v) is 16.8. The van der Waals surface area contributed by atoms with Crippen LogP contribution in [-0.2, 0) is 4.79 Å². The molecule has 0 saturated heterocycles. The minimum atomic E-state index is -0.159. The third-order valence-corrected chi connectivity index (χ3v) is 7.80. The zero-order chi connectivity index (χ0) is 17.6. The monoisotopic (exact) mass is 381 g/mol. The number of thioether (sulfide) groups is 1. The van der Waals surface area contributed by atoms with Crippen LogP contribution in [0.5, 0.6) is 5.19 Å². The average Bonchev–Trinajstić information content (AvgIpc) is 2.91. The normalized spacial score (nSPS) is 34.3. The molecule has 1 heterocycles. The molecule has 1 amide bonds. The standard InChI is InChI=1S/C18H27N3O2S2/c1-10(2)23-16-20-21-17(25-16)24-11(3)15(22)19-18-7-12-4-13(8-18)6-14(5-12)9-18/h10-14H,4-9H2,1-3H3,(H,19,22)/t11-,12?,13?,14?,18?/m1/s1. The number of carbonyl (C=O) groups is 1. The molecular weight excluding hydrogens is 354 g/mol. The average molecular weight is 382 g/mol. The molecule has 5 rings (SSSR count). The van der Waals surface area contributed by atoms with E-state index in [2.05, 4.69) is 15.5 Å². The first kappa shape index (κ1) is 17.6. The predicted octanol–water partition coefficient (Wildman–Crippen LogP) is 3.89. The molecule has 0 radical (unpaired) electrons. The molecule has 1 N–H and O–H groups in total. The summed E-state index contributed by atoms with van der Waals surface area (Å²) in [7, 11) is 0. The summed E-state index contributed by atoms with van der Waals surface area (Å²) in [5, 5.41) is 12.1. The summed E-state index contributed by atoms with van der Waals surface area (Å²) in [5.41, 5.74) is 0.0771. The van der Waals surface area contributed by atoms with Gasteiger partial charge in [0.1, 0.15) is 0 Å². The molecule has 4 bridgehead atoms. The van der Waals surface area contributed by atoms with Gasteiger partial charge in [-0.2, -0.15) is 0 Å². The molecule has 1 atom stereocenters. The van der Waals surface area contributed by atoms with Crippen LogP contribution in [0.3, 0.4) is 0 Å². The van der Waals surface area contributed by atoms with E-state index in [1.807, 2.05) is 20.8 Å². The molecule has 25 heavy (non-hydrogen) atoms. The topological polar surface area (TPSA) is 64.1 Å². The van der Waals surface area contributed by atoms with Crippen molar-refractivity contribution < 1.29 is 9.53 Å². The molecule has 0 spiro atoms. The van der Waals surface area contributed by atoms with E-state index in [1.165, 1.54) is 61.6 Å². The van der Waals surface area contributed by atoms with Crippen LogP contribution in [0.4, 0.5) is 0 Å². The second-order valence-corrected chi connectivity index (χ2v) is 11.0. The fraction of sp³-hybridized carbons (Fsp3) is 0.833. The number of rotatable bonds is 6. The second kappa shape index (κ2) is 6.72. The van der Waals surface area contributed by atoms with Gasteiger partial charge in [0.2, 0.25) is 5.91 Å². The van der Waals surface area contributed by atoms with Crippen LogP contribution in [0, 0.1) is 17.8 Å². The van der Waals surface area contributed by atoms with Crippen LogP contribution in [0.1, 0.15) is 59.3 Å². The van der Waals surface area contributed by atoms with Crippen molar-refractivity contribution in [3.8, 4) is 5.19 Å². The fourth-order valence-corrected chi connectivity index (χ4v) is 7.27. The van der Waals surface area contributed by atoms with Gasteiger partial charge in [-0.05, 0) is 88.4 Å². The van der Waals surface area contributed by atoms with Crippen molar-refractivity contribution in [2.24, 2.45) is 17.8 Å². The van der Waals surface area contributed by atoms with Gasteiger partial charge in [-0.25, -0.2) is 0 Å². The highest BCUT2D eigenvalue weighted by Gasteiger charge is 2.51. The number of ether oxygens (including phenoxy) is 1. The molecule has 138 valence electrons. The van der Waals surface area contributed by atoms with Crippen LogP contribution < -0.4 is 10.1 Å². The van der Waals surface area contributed by atoms with E-state index < -0.39 is 0 Å². The van der Waals surface area contributed by atoms with Crippen LogP contribution >= 0.6 is 23.1 Å². The van der Waals surface area contributed by atoms with Crippen LogP contribution in [0.15, 0.2) is 4.34 Å². The summed E-state index contributed by atoms with van der Waals surface area (Å²) in [6.45, 7) is 5.90. The molecule has 0 unspecified atom stereocenters. The van der Waals surface area contributed by atoms with E-state index in [0.29, 0.717) is 5.19 Å². The maximum atomic E-state index is 12.8. The van der Waals surface area contributed by atoms with Crippen molar-refractivity contribution in [1.29, 1.82) is 0 Å². The largest absolute Gasteiger partial charge is 0.466 e. The number of nitrogens with one attached hydrogen (secondary N) is 1. The van der Waals surface area contributed by atoms with Gasteiger partial charge in [0.15, 0.2) is 4.34 Å². The Bertz CT molecular complexity index is 611. The molecule has 7 heteroatoms. The van der Waals surface area contributed by atoms with E-state index in [1.54, 1.807) is 0 Å². The van der Waals surface area contributed by atoms with Crippen molar-refractivity contribution in [3.05, 3.63) is 0 Å². The number of amides is 1. The summed E-state index contributed by atoms with van der Waals surface area (Å²) in [4.78, 5) is 12.8. The van der Waals surface area contributed by atoms with Crippen LogP contribution in [0.2, 0.25) is 0 Å². The number of aromatic nitrogens is 2. The van der Waals surface area contributed by atoms with Crippen LogP contribution in [0.25, 0.3) is 0 Å². The molecule has 1 aromatic heterocycles. The Kier molecular flexibility index (Phi) is 4.73. The number of hydrogen-bond donors (Lipinski definition) is 1. The number of nitrogens with zero attached hydrogens (tertiary/aromatic N) is 2. The highest BCUT2D eigenvalue weighted by molar-refractivity contribution is 8.02. The molecular formula is C18H27N3O2S2. The molecule has 5 nitrogen and oxygen atoms in total. The van der Waals surface area contributed by atoms with E-state index in [4.69, 9.17) is 4.74 Å². The Balaban J connectivity index is 1.35. The highest BCUT2D eigenvalue weighted by Crippen LogP contribution is 2.55. The van der Waals surface area contributed by atoms with E-state index >= 15 is 0 Å². The molecule has 0 aliphatic heterocycles. The van der Waals surface area contributed by atoms with Gasteiger partial charge in [-0.3, -0.25) is 4.79 Å². The maximum absolute atomic E-state index is 12.8. The lowest BCUT2D eigenvalue weighted by atomic mass is 9.53. The van der Waals surface area contributed by atoms with Crippen molar-refractivity contribution >= 4 is 29.0 Å². The first-order valence-corrected chi connectivity index (χ1v) is 11.1. The van der Waals surface area contributed by atoms with Gasteiger partial charge in [0.05, 0.1) is 11.4 Å². The molecule has 4 aliphatic rings. The number of carbonyl (C=O) groups excluding carboxylic acids is 1. The van der Waals surface area contributed by atoms with Crippen molar-refractivity contribution in [2.45, 2.75) is 80.5 Å². The zero-order valence-electron chi connectivity index (χ0n) is 15.2. The van der Waals surface area contributed by atoms with E-state index in [0.717, 1.165) is 22.1 Å². The summed E-state index contributed by atoms with van der Waals surface area (Å²) in [6.07, 6.45) is 7.82. The third kappa shape index (κ3) is 3.82. The van der Waals surface area contributed by atoms with Gasteiger partial charge in [0, 0.05) is 5.54 Å². The minimum absolute atomic E-state index is 0.0771. The third-order valence-electron chi connectivity index (χ3n) is 5.80. The highest BCUT2D eigenvalue weighted by atomic mass is 32.2. The Morgan fingerprint density at radius 3 is 2.32 bits per heavy atom. The van der Waals surface area contributed by atoms with Crippen LogP contribution in [-0.4, -0.2) is 33.0 Å². The summed E-state index contributed by atoms with van der Waals surface area (Å²) < 4.78 is 6.35. The minimum Gasteiger partial charge on any atom is -0.466 e. The second-order valence-electron chi connectivity index (χ2n) is 8.45. The number of hydrogen-bond acceptors (Lipinski definition) is 6. The molecule has 4 fully saturated rings. The molecule has 0 aromatic carbocycles. The Morgan fingerprint density at radius 1 is 1.16 bits per heavy atom. The fourth-order valence-electron chi connectivity index (χ4n) is 5.33. The summed E-state index contributed by atoms with van der Waals surface area (Å²) in [6, 6.07) is 0. The van der Waals surface area contributed by atoms with Crippen molar-refractivity contribution in [3.63, 3.8) is 0 Å². The van der Waals surface area contributed by atoms with Gasteiger partial charge >= 0.3 is 0 Å². The van der Waals surface area contributed by atoms with Crippen molar-refractivity contribution in [2.75, 3.05) is 0 Å².